The number of pyridine rings is 3. The van der Waals surface area contributed by atoms with Crippen molar-refractivity contribution in [3.8, 4) is 22.5 Å². The van der Waals surface area contributed by atoms with Gasteiger partial charge in [-0.05, 0) is 24.3 Å². The molecule has 8 aromatic rings. The highest BCUT2D eigenvalue weighted by atomic mass is 32.1. The number of hydrogen-bond acceptors (Lipinski definition) is 4. The topological polar surface area (TPSA) is 38.7 Å². The van der Waals surface area contributed by atoms with E-state index in [2.05, 4.69) is 108 Å². The molecule has 0 atom stereocenters. The Labute approximate surface area is 216 Å². The van der Waals surface area contributed by atoms with Gasteiger partial charge in [0.15, 0.2) is 0 Å². The minimum Gasteiger partial charge on any atom is -0.254 e. The van der Waals surface area contributed by atoms with E-state index >= 15 is 0 Å². The minimum absolute atomic E-state index is 0.933. The summed E-state index contributed by atoms with van der Waals surface area (Å²) in [4.78, 5) is 14.8. The molecule has 0 aliphatic carbocycles. The predicted octanol–water partition coefficient (Wildman–Crippen LogP) is 9.03. The van der Waals surface area contributed by atoms with Crippen LogP contribution in [0.3, 0.4) is 0 Å². The van der Waals surface area contributed by atoms with Gasteiger partial charge in [0.05, 0.1) is 32.6 Å². The van der Waals surface area contributed by atoms with Crippen molar-refractivity contribution in [3.05, 3.63) is 115 Å². The van der Waals surface area contributed by atoms with Gasteiger partial charge in [0, 0.05) is 49.0 Å². The lowest BCUT2D eigenvalue weighted by atomic mass is 10.0. The molecule has 0 radical (unpaired) electrons. The number of fused-ring (bicyclic) bond motifs is 8. The van der Waals surface area contributed by atoms with Crippen LogP contribution in [0.2, 0.25) is 0 Å². The highest BCUT2D eigenvalue weighted by Crippen LogP contribution is 2.42. The highest BCUT2D eigenvalue weighted by Gasteiger charge is 2.16. The van der Waals surface area contributed by atoms with Gasteiger partial charge in [-0.2, -0.15) is 0 Å². The van der Waals surface area contributed by atoms with E-state index in [1.165, 1.54) is 25.6 Å². The number of para-hydroxylation sites is 1. The second-order valence-electron chi connectivity index (χ2n) is 9.27. The van der Waals surface area contributed by atoms with E-state index in [9.17, 15) is 0 Å². The SMILES string of the molecule is c1cnc2c(c1)ccc1ccc(-c3ccc(-c4nc5ccccc5c5c4sc4ccccc45)cc3)nc12. The summed E-state index contributed by atoms with van der Waals surface area (Å²) < 4.78 is 2.52. The molecule has 0 aliphatic rings. The molecule has 0 saturated heterocycles. The number of rotatable bonds is 2. The van der Waals surface area contributed by atoms with Crippen LogP contribution < -0.4 is 0 Å². The van der Waals surface area contributed by atoms with Crippen LogP contribution in [-0.2, 0) is 0 Å². The first-order valence-electron chi connectivity index (χ1n) is 12.3. The third-order valence-corrected chi connectivity index (χ3v) is 8.28. The molecule has 0 saturated carbocycles. The summed E-state index contributed by atoms with van der Waals surface area (Å²) in [5.74, 6) is 0. The Morgan fingerprint density at radius 3 is 2.16 bits per heavy atom. The molecular formula is C33H19N3S. The average Bonchev–Trinajstić information content (AvgIpc) is 3.37. The molecule has 4 aromatic carbocycles. The van der Waals surface area contributed by atoms with E-state index < -0.39 is 0 Å². The number of benzene rings is 4. The van der Waals surface area contributed by atoms with Gasteiger partial charge in [0.2, 0.25) is 0 Å². The summed E-state index contributed by atoms with van der Waals surface area (Å²) in [7, 11) is 0. The van der Waals surface area contributed by atoms with Crippen LogP contribution in [0.15, 0.2) is 115 Å². The fraction of sp³-hybridized carbons (Fsp3) is 0. The molecule has 4 heteroatoms. The highest BCUT2D eigenvalue weighted by molar-refractivity contribution is 7.26. The van der Waals surface area contributed by atoms with E-state index in [1.807, 2.05) is 23.6 Å². The fourth-order valence-corrected chi connectivity index (χ4v) is 6.54. The van der Waals surface area contributed by atoms with E-state index in [-0.39, 0.29) is 0 Å². The molecule has 0 N–H and O–H groups in total. The summed E-state index contributed by atoms with van der Waals surface area (Å²) in [5.41, 5.74) is 7.05. The summed E-state index contributed by atoms with van der Waals surface area (Å²) >= 11 is 1.82. The Kier molecular flexibility index (Phi) is 4.39. The number of thiophene rings is 1. The van der Waals surface area contributed by atoms with Crippen molar-refractivity contribution in [1.29, 1.82) is 0 Å². The van der Waals surface area contributed by atoms with Crippen LogP contribution in [0.5, 0.6) is 0 Å². The van der Waals surface area contributed by atoms with Crippen LogP contribution in [0, 0.1) is 0 Å². The van der Waals surface area contributed by atoms with Crippen molar-refractivity contribution >= 4 is 64.2 Å². The van der Waals surface area contributed by atoms with Crippen LogP contribution in [0.25, 0.3) is 75.4 Å². The first kappa shape index (κ1) is 20.5. The number of nitrogens with zero attached hydrogens (tertiary/aromatic N) is 3. The molecule has 3 nitrogen and oxygen atoms in total. The monoisotopic (exact) mass is 489 g/mol. The smallest absolute Gasteiger partial charge is 0.0972 e. The lowest BCUT2D eigenvalue weighted by Crippen LogP contribution is -1.90. The van der Waals surface area contributed by atoms with Gasteiger partial charge < -0.3 is 0 Å². The van der Waals surface area contributed by atoms with Crippen LogP contribution in [0.1, 0.15) is 0 Å². The van der Waals surface area contributed by atoms with E-state index in [1.54, 1.807) is 0 Å². The molecule has 0 spiro atoms. The second-order valence-corrected chi connectivity index (χ2v) is 10.3. The van der Waals surface area contributed by atoms with Crippen LogP contribution in [-0.4, -0.2) is 15.0 Å². The lowest BCUT2D eigenvalue weighted by Gasteiger charge is -2.09. The standard InChI is InChI=1S/C33H19N3S/c1-3-9-27-24(7-1)29-25-8-2-4-10-28(25)37-33(29)32(36-27)23-13-11-20(12-14-23)26-18-17-22-16-15-21-6-5-19-34-30(21)31(22)35-26/h1-19H. The zero-order valence-corrected chi connectivity index (χ0v) is 20.5. The van der Waals surface area contributed by atoms with Crippen molar-refractivity contribution in [2.24, 2.45) is 0 Å². The Morgan fingerprint density at radius 2 is 1.27 bits per heavy atom. The van der Waals surface area contributed by atoms with E-state index in [0.717, 1.165) is 49.8 Å². The third kappa shape index (κ3) is 3.16. The molecule has 8 rings (SSSR count). The summed E-state index contributed by atoms with van der Waals surface area (Å²) in [6.45, 7) is 0. The maximum Gasteiger partial charge on any atom is 0.0972 e. The molecular weight excluding hydrogens is 470 g/mol. The molecule has 0 amide bonds. The first-order valence-corrected chi connectivity index (χ1v) is 13.1. The molecule has 4 aromatic heterocycles. The summed E-state index contributed by atoms with van der Waals surface area (Å²) in [6, 6.07) is 38.2. The normalized spacial score (nSPS) is 11.8. The van der Waals surface area contributed by atoms with Crippen molar-refractivity contribution in [1.82, 2.24) is 15.0 Å². The Morgan fingerprint density at radius 1 is 0.541 bits per heavy atom. The van der Waals surface area contributed by atoms with Gasteiger partial charge in [0.25, 0.3) is 0 Å². The Bertz CT molecular complexity index is 2140. The van der Waals surface area contributed by atoms with E-state index in [0.29, 0.717) is 0 Å². The Hall–Kier alpha value is -4.67. The van der Waals surface area contributed by atoms with Gasteiger partial charge in [-0.15, -0.1) is 11.3 Å². The van der Waals surface area contributed by atoms with Gasteiger partial charge in [-0.3, -0.25) is 4.98 Å². The second kappa shape index (κ2) is 7.92. The van der Waals surface area contributed by atoms with Crippen molar-refractivity contribution in [3.63, 3.8) is 0 Å². The number of aromatic nitrogens is 3. The molecule has 0 fully saturated rings. The maximum absolute atomic E-state index is 5.13. The van der Waals surface area contributed by atoms with Crippen LogP contribution in [0.4, 0.5) is 0 Å². The molecule has 0 unspecified atom stereocenters. The first-order chi connectivity index (χ1) is 18.3. The van der Waals surface area contributed by atoms with Crippen molar-refractivity contribution < 1.29 is 0 Å². The fourth-order valence-electron chi connectivity index (χ4n) is 5.31. The van der Waals surface area contributed by atoms with Gasteiger partial charge in [-0.25, -0.2) is 9.97 Å². The number of hydrogen-bond donors (Lipinski definition) is 0. The van der Waals surface area contributed by atoms with E-state index in [4.69, 9.17) is 9.97 Å². The molecule has 0 aliphatic heterocycles. The quantitative estimate of drug-likeness (QED) is 0.227. The molecule has 172 valence electrons. The average molecular weight is 490 g/mol. The third-order valence-electron chi connectivity index (χ3n) is 7.10. The molecule has 37 heavy (non-hydrogen) atoms. The van der Waals surface area contributed by atoms with Crippen molar-refractivity contribution in [2.75, 3.05) is 0 Å². The van der Waals surface area contributed by atoms with Gasteiger partial charge >= 0.3 is 0 Å². The minimum atomic E-state index is 0.933. The zero-order valence-electron chi connectivity index (χ0n) is 19.7. The summed E-state index contributed by atoms with van der Waals surface area (Å²) in [6.07, 6.45) is 1.83. The largest absolute Gasteiger partial charge is 0.254 e. The van der Waals surface area contributed by atoms with Crippen molar-refractivity contribution in [2.45, 2.75) is 0 Å². The predicted molar refractivity (Wildman–Crippen MR) is 156 cm³/mol. The van der Waals surface area contributed by atoms with Gasteiger partial charge in [-0.1, -0.05) is 84.9 Å². The van der Waals surface area contributed by atoms with Crippen LogP contribution >= 0.6 is 11.3 Å². The zero-order chi connectivity index (χ0) is 24.3. The summed E-state index contributed by atoms with van der Waals surface area (Å²) in [5, 5.41) is 5.99. The maximum atomic E-state index is 5.13. The molecule has 0 bridgehead atoms. The lowest BCUT2D eigenvalue weighted by molar-refractivity contribution is 1.37. The molecule has 4 heterocycles. The van der Waals surface area contributed by atoms with Gasteiger partial charge in [0.1, 0.15) is 0 Å². The Balaban J connectivity index is 1.30.